The standard InChI is InChI=1S/C10H14N2S/c1-8(2)10(12-6-5-11)9-4-3-7-13-9/h3-4,7-8,10,12H,6H2,1-2H3. The van der Waals surface area contributed by atoms with Crippen LogP contribution in [0, 0.1) is 17.2 Å². The van der Waals surface area contributed by atoms with Gasteiger partial charge in [-0.1, -0.05) is 19.9 Å². The quantitative estimate of drug-likeness (QED) is 0.748. The maximum atomic E-state index is 8.49. The molecule has 13 heavy (non-hydrogen) atoms. The lowest BCUT2D eigenvalue weighted by molar-refractivity contribution is 0.437. The van der Waals surface area contributed by atoms with Crippen LogP contribution >= 0.6 is 11.3 Å². The highest BCUT2D eigenvalue weighted by atomic mass is 32.1. The molecule has 1 atom stereocenters. The molecule has 0 aliphatic heterocycles. The minimum absolute atomic E-state index is 0.319. The van der Waals surface area contributed by atoms with Crippen LogP contribution in [-0.2, 0) is 0 Å². The highest BCUT2D eigenvalue weighted by molar-refractivity contribution is 7.10. The van der Waals surface area contributed by atoms with Gasteiger partial charge in [-0.05, 0) is 17.4 Å². The maximum absolute atomic E-state index is 8.49. The number of nitrogens with zero attached hydrogens (tertiary/aromatic N) is 1. The van der Waals surface area contributed by atoms with Crippen molar-refractivity contribution in [3.05, 3.63) is 22.4 Å². The lowest BCUT2D eigenvalue weighted by Crippen LogP contribution is -2.25. The Bertz CT molecular complexity index is 272. The first-order chi connectivity index (χ1) is 6.25. The molecule has 1 rings (SSSR count). The van der Waals surface area contributed by atoms with Gasteiger partial charge in [0, 0.05) is 10.9 Å². The van der Waals surface area contributed by atoms with Crippen LogP contribution in [0.25, 0.3) is 0 Å². The molecule has 0 saturated carbocycles. The average molecular weight is 194 g/mol. The van der Waals surface area contributed by atoms with Crippen molar-refractivity contribution in [3.8, 4) is 6.07 Å². The first-order valence-electron chi connectivity index (χ1n) is 4.39. The predicted octanol–water partition coefficient (Wildman–Crippen LogP) is 2.56. The monoisotopic (exact) mass is 194 g/mol. The van der Waals surface area contributed by atoms with Gasteiger partial charge in [-0.15, -0.1) is 11.3 Å². The zero-order valence-corrected chi connectivity index (χ0v) is 8.77. The van der Waals surface area contributed by atoms with E-state index in [2.05, 4.69) is 36.7 Å². The van der Waals surface area contributed by atoms with Gasteiger partial charge >= 0.3 is 0 Å². The summed E-state index contributed by atoms with van der Waals surface area (Å²) in [6.45, 7) is 4.74. The van der Waals surface area contributed by atoms with E-state index in [9.17, 15) is 0 Å². The summed E-state index contributed by atoms with van der Waals surface area (Å²) in [5.74, 6) is 0.520. The highest BCUT2D eigenvalue weighted by Crippen LogP contribution is 2.25. The highest BCUT2D eigenvalue weighted by Gasteiger charge is 2.15. The van der Waals surface area contributed by atoms with Gasteiger partial charge in [0.1, 0.15) is 0 Å². The van der Waals surface area contributed by atoms with Gasteiger partial charge in [0.25, 0.3) is 0 Å². The van der Waals surface area contributed by atoms with Gasteiger partial charge < -0.3 is 0 Å². The molecule has 1 heterocycles. The van der Waals surface area contributed by atoms with E-state index < -0.39 is 0 Å². The minimum atomic E-state index is 0.319. The third-order valence-electron chi connectivity index (χ3n) is 1.92. The molecular weight excluding hydrogens is 180 g/mol. The molecule has 3 heteroatoms. The summed E-state index contributed by atoms with van der Waals surface area (Å²) in [4.78, 5) is 1.31. The number of thiophene rings is 1. The summed E-state index contributed by atoms with van der Waals surface area (Å²) in [5, 5.41) is 13.8. The molecule has 0 aliphatic carbocycles. The van der Waals surface area contributed by atoms with Crippen LogP contribution in [0.2, 0.25) is 0 Å². The molecule has 1 aromatic rings. The normalized spacial score (nSPS) is 12.8. The molecule has 0 aliphatic rings. The molecule has 1 aromatic heterocycles. The van der Waals surface area contributed by atoms with Crippen molar-refractivity contribution < 1.29 is 0 Å². The number of rotatable bonds is 4. The molecule has 0 fully saturated rings. The van der Waals surface area contributed by atoms with E-state index >= 15 is 0 Å². The Morgan fingerprint density at radius 2 is 2.38 bits per heavy atom. The summed E-state index contributed by atoms with van der Waals surface area (Å²) >= 11 is 1.74. The van der Waals surface area contributed by atoms with Gasteiger partial charge in [0.15, 0.2) is 0 Å². The van der Waals surface area contributed by atoms with Crippen molar-refractivity contribution in [3.63, 3.8) is 0 Å². The van der Waals surface area contributed by atoms with Crippen molar-refractivity contribution in [1.29, 1.82) is 5.26 Å². The summed E-state index contributed by atoms with van der Waals surface area (Å²) in [7, 11) is 0. The first kappa shape index (κ1) is 10.2. The molecule has 0 saturated heterocycles. The fourth-order valence-electron chi connectivity index (χ4n) is 1.29. The van der Waals surface area contributed by atoms with E-state index in [4.69, 9.17) is 5.26 Å². The second-order valence-corrected chi connectivity index (χ2v) is 4.26. The molecule has 0 aromatic carbocycles. The summed E-state index contributed by atoms with van der Waals surface area (Å²) < 4.78 is 0. The first-order valence-corrected chi connectivity index (χ1v) is 5.27. The number of hydrogen-bond acceptors (Lipinski definition) is 3. The molecule has 70 valence electrons. The van der Waals surface area contributed by atoms with Crippen molar-refractivity contribution in [2.45, 2.75) is 19.9 Å². The Hall–Kier alpha value is -0.850. The second kappa shape index (κ2) is 5.00. The van der Waals surface area contributed by atoms with Crippen LogP contribution in [0.5, 0.6) is 0 Å². The van der Waals surface area contributed by atoms with Gasteiger partial charge in [0.2, 0.25) is 0 Å². The van der Waals surface area contributed by atoms with E-state index in [0.29, 0.717) is 18.5 Å². The Balaban J connectivity index is 2.64. The lowest BCUT2D eigenvalue weighted by Gasteiger charge is -2.19. The van der Waals surface area contributed by atoms with E-state index in [1.807, 2.05) is 6.07 Å². The Kier molecular flexibility index (Phi) is 3.94. The molecule has 0 amide bonds. The minimum Gasteiger partial charge on any atom is -0.297 e. The van der Waals surface area contributed by atoms with Crippen LogP contribution in [0.15, 0.2) is 17.5 Å². The SMILES string of the molecule is CC(C)C(NCC#N)c1cccs1. The molecule has 0 bridgehead atoms. The Labute approximate surface area is 83.2 Å². The van der Waals surface area contributed by atoms with Crippen molar-refractivity contribution in [2.24, 2.45) is 5.92 Å². The summed E-state index contributed by atoms with van der Waals surface area (Å²) in [6.07, 6.45) is 0. The topological polar surface area (TPSA) is 35.8 Å². The maximum Gasteiger partial charge on any atom is 0.0846 e. The molecule has 0 radical (unpaired) electrons. The molecule has 1 unspecified atom stereocenters. The molecular formula is C10H14N2S. The van der Waals surface area contributed by atoms with Crippen LogP contribution in [-0.4, -0.2) is 6.54 Å². The van der Waals surface area contributed by atoms with E-state index in [0.717, 1.165) is 0 Å². The van der Waals surface area contributed by atoms with Crippen molar-refractivity contribution in [2.75, 3.05) is 6.54 Å². The Morgan fingerprint density at radius 1 is 1.62 bits per heavy atom. The zero-order valence-electron chi connectivity index (χ0n) is 7.95. The fraction of sp³-hybridized carbons (Fsp3) is 0.500. The van der Waals surface area contributed by atoms with E-state index in [1.165, 1.54) is 4.88 Å². The van der Waals surface area contributed by atoms with Crippen molar-refractivity contribution >= 4 is 11.3 Å². The third kappa shape index (κ3) is 2.83. The van der Waals surface area contributed by atoms with Crippen LogP contribution < -0.4 is 5.32 Å². The summed E-state index contributed by atoms with van der Waals surface area (Å²) in [5.41, 5.74) is 0. The number of nitriles is 1. The molecule has 0 spiro atoms. The molecule has 2 nitrogen and oxygen atoms in total. The fourth-order valence-corrected chi connectivity index (χ4v) is 2.26. The summed E-state index contributed by atoms with van der Waals surface area (Å²) in [6, 6.07) is 6.58. The van der Waals surface area contributed by atoms with E-state index in [-0.39, 0.29) is 0 Å². The largest absolute Gasteiger partial charge is 0.297 e. The smallest absolute Gasteiger partial charge is 0.0846 e. The van der Waals surface area contributed by atoms with Crippen LogP contribution in [0.3, 0.4) is 0 Å². The average Bonchev–Trinajstić information content (AvgIpc) is 2.57. The van der Waals surface area contributed by atoms with Crippen LogP contribution in [0.4, 0.5) is 0 Å². The van der Waals surface area contributed by atoms with Gasteiger partial charge in [-0.3, -0.25) is 5.32 Å². The predicted molar refractivity (Wildman–Crippen MR) is 55.5 cm³/mol. The number of hydrogen-bond donors (Lipinski definition) is 1. The van der Waals surface area contributed by atoms with Crippen molar-refractivity contribution in [1.82, 2.24) is 5.32 Å². The van der Waals surface area contributed by atoms with Gasteiger partial charge in [0.05, 0.1) is 12.6 Å². The van der Waals surface area contributed by atoms with Gasteiger partial charge in [-0.2, -0.15) is 5.26 Å². The zero-order chi connectivity index (χ0) is 9.68. The Morgan fingerprint density at radius 3 is 2.85 bits per heavy atom. The van der Waals surface area contributed by atoms with Gasteiger partial charge in [-0.25, -0.2) is 0 Å². The van der Waals surface area contributed by atoms with E-state index in [1.54, 1.807) is 11.3 Å². The molecule has 1 N–H and O–H groups in total. The number of nitrogens with one attached hydrogen (secondary N) is 1. The third-order valence-corrected chi connectivity index (χ3v) is 2.87. The second-order valence-electron chi connectivity index (χ2n) is 3.28. The lowest BCUT2D eigenvalue weighted by atomic mass is 10.0. The van der Waals surface area contributed by atoms with Crippen LogP contribution in [0.1, 0.15) is 24.8 Å².